The number of carbonyl (C=O) groups is 2. The molecule has 3 amide bonds. The van der Waals surface area contributed by atoms with Crippen molar-refractivity contribution < 1.29 is 32.9 Å². The molecule has 1 aromatic carbocycles. The first-order chi connectivity index (χ1) is 22.1. The second-order valence-electron chi connectivity index (χ2n) is 11.8. The summed E-state index contributed by atoms with van der Waals surface area (Å²) in [7, 11) is 1.60. The number of thiophene rings is 1. The number of urea groups is 1. The van der Waals surface area contributed by atoms with Gasteiger partial charge in [0.2, 0.25) is 0 Å². The van der Waals surface area contributed by atoms with E-state index in [1.54, 1.807) is 42.7 Å². The van der Waals surface area contributed by atoms with Gasteiger partial charge >= 0.3 is 12.1 Å². The highest BCUT2D eigenvalue weighted by molar-refractivity contribution is 7.22. The molecule has 0 spiro atoms. The Morgan fingerprint density at radius 1 is 1.04 bits per heavy atom. The number of hydrogen-bond acceptors (Lipinski definition) is 9. The van der Waals surface area contributed by atoms with E-state index in [-0.39, 0.29) is 37.6 Å². The third-order valence-electron chi connectivity index (χ3n) is 7.03. The summed E-state index contributed by atoms with van der Waals surface area (Å²) in [5.41, 5.74) is 2.17. The van der Waals surface area contributed by atoms with Crippen molar-refractivity contribution in [3.05, 3.63) is 66.4 Å². The topological polar surface area (TPSA) is 124 Å². The Kier molecular flexibility index (Phi) is 10.7. The van der Waals surface area contributed by atoms with Gasteiger partial charge in [-0.3, -0.25) is 14.9 Å². The highest BCUT2D eigenvalue weighted by atomic mass is 32.1. The Morgan fingerprint density at radius 3 is 2.59 bits per heavy atom. The molecule has 4 aromatic rings. The normalized spacial score (nSPS) is 13.0. The second-order valence-corrected chi connectivity index (χ2v) is 12.9. The minimum absolute atomic E-state index is 0.0231. The Bertz CT molecular complexity index is 1670. The lowest BCUT2D eigenvalue weighted by atomic mass is 10.1. The zero-order valence-corrected chi connectivity index (χ0v) is 27.1. The Balaban J connectivity index is 1.28. The van der Waals surface area contributed by atoms with Crippen LogP contribution >= 0.6 is 11.3 Å². The van der Waals surface area contributed by atoms with E-state index in [1.807, 2.05) is 32.9 Å². The lowest BCUT2D eigenvalue weighted by Gasteiger charge is -2.34. The van der Waals surface area contributed by atoms with E-state index in [4.69, 9.17) is 18.9 Å². The first kappa shape index (κ1) is 33.0. The number of nitrogens with zero attached hydrogens (tertiary/aromatic N) is 3. The average molecular weight is 652 g/mol. The second kappa shape index (κ2) is 14.8. The van der Waals surface area contributed by atoms with Crippen molar-refractivity contribution in [2.24, 2.45) is 0 Å². The summed E-state index contributed by atoms with van der Waals surface area (Å²) in [6, 6.07) is 9.72. The van der Waals surface area contributed by atoms with Crippen LogP contribution in [-0.2, 0) is 20.8 Å². The predicted molar refractivity (Wildman–Crippen MR) is 174 cm³/mol. The smallest absolute Gasteiger partial charge is 0.410 e. The van der Waals surface area contributed by atoms with Crippen molar-refractivity contribution in [3.8, 4) is 21.9 Å². The van der Waals surface area contributed by atoms with Crippen molar-refractivity contribution in [3.63, 3.8) is 0 Å². The quantitative estimate of drug-likeness (QED) is 0.149. The van der Waals surface area contributed by atoms with Gasteiger partial charge in [0.05, 0.1) is 36.6 Å². The molecule has 3 heterocycles. The summed E-state index contributed by atoms with van der Waals surface area (Å²) in [5, 5.41) is 5.45. The van der Waals surface area contributed by atoms with Crippen LogP contribution in [0.4, 0.5) is 19.7 Å². The maximum absolute atomic E-state index is 15.0. The molecular formula is C33H38FN5O6S. The number of nitrogens with one attached hydrogen (secondary N) is 2. The van der Waals surface area contributed by atoms with Crippen LogP contribution in [0, 0.1) is 5.82 Å². The van der Waals surface area contributed by atoms with Crippen LogP contribution in [0.1, 0.15) is 39.2 Å². The van der Waals surface area contributed by atoms with Gasteiger partial charge in [-0.2, -0.15) is 0 Å². The molecule has 0 atom stereocenters. The molecule has 0 unspecified atom stereocenters. The number of benzene rings is 1. The van der Waals surface area contributed by atoms with E-state index in [1.165, 1.54) is 23.5 Å². The van der Waals surface area contributed by atoms with E-state index >= 15 is 0 Å². The first-order valence-electron chi connectivity index (χ1n) is 15.0. The molecule has 0 bridgehead atoms. The van der Waals surface area contributed by atoms with E-state index in [9.17, 15) is 14.0 Å². The number of aromatic nitrogens is 2. The van der Waals surface area contributed by atoms with Crippen molar-refractivity contribution in [2.45, 2.75) is 51.7 Å². The molecule has 1 aliphatic carbocycles. The van der Waals surface area contributed by atoms with E-state index < -0.39 is 17.4 Å². The van der Waals surface area contributed by atoms with Gasteiger partial charge in [0.1, 0.15) is 12.4 Å². The Hall–Kier alpha value is -4.33. The molecule has 0 saturated heterocycles. The molecule has 1 aliphatic rings. The van der Waals surface area contributed by atoms with Gasteiger partial charge in [-0.05, 0) is 63.4 Å². The molecule has 0 aliphatic heterocycles. The van der Waals surface area contributed by atoms with E-state index in [0.717, 1.165) is 33.5 Å². The number of methoxy groups -OCH3 is 1. The largest absolute Gasteiger partial charge is 0.453 e. The fraction of sp³-hybridized carbons (Fsp3) is 0.394. The number of ether oxygens (including phenoxy) is 4. The van der Waals surface area contributed by atoms with Gasteiger partial charge in [0, 0.05) is 65.5 Å². The third kappa shape index (κ3) is 8.89. The van der Waals surface area contributed by atoms with Crippen LogP contribution in [0.15, 0.2) is 55.0 Å². The molecule has 2 N–H and O–H groups in total. The van der Waals surface area contributed by atoms with E-state index in [2.05, 4.69) is 20.6 Å². The summed E-state index contributed by atoms with van der Waals surface area (Å²) in [5.74, 6) is -0.136. The molecule has 13 heteroatoms. The number of pyridine rings is 2. The third-order valence-corrected chi connectivity index (χ3v) is 8.22. The maximum Gasteiger partial charge on any atom is 0.410 e. The van der Waals surface area contributed by atoms with Crippen LogP contribution in [0.2, 0.25) is 0 Å². The summed E-state index contributed by atoms with van der Waals surface area (Å²) < 4.78 is 37.5. The van der Waals surface area contributed by atoms with Crippen LogP contribution in [-0.4, -0.2) is 72.1 Å². The SMILES string of the molecule is COCCOCCOC(=O)N(Cc1cncc(-c2cc3nccc(Oc4ccc(NC(=O)NC5CC5)cc4F)c3s2)c1)C(C)(C)C. The van der Waals surface area contributed by atoms with Crippen molar-refractivity contribution >= 4 is 39.4 Å². The van der Waals surface area contributed by atoms with Gasteiger partial charge in [-0.1, -0.05) is 0 Å². The number of halogens is 1. The molecule has 244 valence electrons. The zero-order valence-electron chi connectivity index (χ0n) is 26.3. The predicted octanol–water partition coefficient (Wildman–Crippen LogP) is 6.97. The summed E-state index contributed by atoms with van der Waals surface area (Å²) in [6.07, 6.45) is 6.55. The minimum Gasteiger partial charge on any atom is -0.453 e. The average Bonchev–Trinajstić information content (AvgIpc) is 3.71. The van der Waals surface area contributed by atoms with Crippen LogP contribution in [0.25, 0.3) is 20.7 Å². The molecule has 0 radical (unpaired) electrons. The van der Waals surface area contributed by atoms with Crippen molar-refractivity contribution in [2.75, 3.05) is 38.9 Å². The molecule has 5 rings (SSSR count). The van der Waals surface area contributed by atoms with Gasteiger partial charge in [-0.25, -0.2) is 14.0 Å². The highest BCUT2D eigenvalue weighted by Gasteiger charge is 2.28. The molecule has 11 nitrogen and oxygen atoms in total. The maximum atomic E-state index is 15.0. The summed E-state index contributed by atoms with van der Waals surface area (Å²) in [6.45, 7) is 7.44. The molecule has 1 saturated carbocycles. The summed E-state index contributed by atoms with van der Waals surface area (Å²) in [4.78, 5) is 36.5. The zero-order chi connectivity index (χ0) is 32.7. The number of anilines is 1. The van der Waals surface area contributed by atoms with Gasteiger partial charge in [0.15, 0.2) is 11.6 Å². The fourth-order valence-electron chi connectivity index (χ4n) is 4.47. The van der Waals surface area contributed by atoms with Gasteiger partial charge in [0.25, 0.3) is 0 Å². The van der Waals surface area contributed by atoms with Crippen LogP contribution in [0.5, 0.6) is 11.5 Å². The number of carbonyl (C=O) groups excluding carboxylic acids is 2. The fourth-order valence-corrected chi connectivity index (χ4v) is 5.52. The number of hydrogen-bond donors (Lipinski definition) is 2. The van der Waals surface area contributed by atoms with Crippen molar-refractivity contribution in [1.29, 1.82) is 0 Å². The monoisotopic (exact) mass is 651 g/mol. The van der Waals surface area contributed by atoms with E-state index in [0.29, 0.717) is 30.2 Å². The lowest BCUT2D eigenvalue weighted by molar-refractivity contribution is 0.0217. The Labute approximate surface area is 271 Å². The van der Waals surface area contributed by atoms with Crippen molar-refractivity contribution in [1.82, 2.24) is 20.2 Å². The number of amides is 3. The molecule has 1 fully saturated rings. The summed E-state index contributed by atoms with van der Waals surface area (Å²) >= 11 is 1.44. The number of rotatable bonds is 13. The standard InChI is InChI=1S/C33H38FN5O6S/c1-33(2,3)39(32(41)44-14-13-43-12-11-42-4)20-21-15-22(19-35-18-21)29-17-26-30(46-29)28(9-10-36-26)45-27-8-7-24(16-25(27)34)38-31(40)37-23-5-6-23/h7-10,15-19,23H,5-6,11-14,20H2,1-4H3,(H2,37,38,40). The highest BCUT2D eigenvalue weighted by Crippen LogP contribution is 2.40. The first-order valence-corrected chi connectivity index (χ1v) is 15.8. The van der Waals surface area contributed by atoms with Gasteiger partial charge < -0.3 is 29.6 Å². The molecule has 46 heavy (non-hydrogen) atoms. The minimum atomic E-state index is -0.608. The molecule has 3 aromatic heterocycles. The lowest BCUT2D eigenvalue weighted by Crippen LogP contribution is -2.45. The van der Waals surface area contributed by atoms with Crippen LogP contribution in [0.3, 0.4) is 0 Å². The Morgan fingerprint density at radius 2 is 1.85 bits per heavy atom. The van der Waals surface area contributed by atoms with Crippen LogP contribution < -0.4 is 15.4 Å². The number of fused-ring (bicyclic) bond motifs is 1. The van der Waals surface area contributed by atoms with Gasteiger partial charge in [-0.15, -0.1) is 11.3 Å². The molecular weight excluding hydrogens is 613 g/mol.